The summed E-state index contributed by atoms with van der Waals surface area (Å²) in [7, 11) is 0. The zero-order valence-electron chi connectivity index (χ0n) is 12.6. The van der Waals surface area contributed by atoms with Crippen molar-refractivity contribution in [3.05, 3.63) is 70.7 Å². The van der Waals surface area contributed by atoms with Crippen LogP contribution in [0.25, 0.3) is 32.8 Å². The predicted molar refractivity (Wildman–Crippen MR) is 102 cm³/mol. The molecule has 1 heterocycles. The van der Waals surface area contributed by atoms with Crippen LogP contribution in [-0.4, -0.2) is 4.98 Å². The molecule has 0 radical (unpaired) electrons. The van der Waals surface area contributed by atoms with Crippen LogP contribution < -0.4 is 5.73 Å². The van der Waals surface area contributed by atoms with Crippen molar-refractivity contribution in [1.82, 2.24) is 4.98 Å². The number of anilines is 1. The third kappa shape index (κ3) is 2.22. The fourth-order valence-electron chi connectivity index (χ4n) is 3.05. The van der Waals surface area contributed by atoms with Crippen LogP contribution in [0, 0.1) is 11.3 Å². The van der Waals surface area contributed by atoms with Crippen molar-refractivity contribution in [2.45, 2.75) is 0 Å². The number of aromatic nitrogens is 1. The number of hydrogen-bond acceptors (Lipinski definition) is 3. The summed E-state index contributed by atoms with van der Waals surface area (Å²) in [5, 5.41) is 12.7. The molecule has 2 N–H and O–H groups in total. The lowest BCUT2D eigenvalue weighted by atomic mass is 9.94. The van der Waals surface area contributed by atoms with Crippen molar-refractivity contribution >= 4 is 43.4 Å². The van der Waals surface area contributed by atoms with Crippen molar-refractivity contribution < 1.29 is 0 Å². The third-order valence-corrected chi connectivity index (χ3v) is 4.68. The smallest absolute Gasteiger partial charge is 0.142 e. The monoisotopic (exact) mass is 373 g/mol. The molecule has 0 spiro atoms. The lowest BCUT2D eigenvalue weighted by Gasteiger charge is -2.13. The maximum atomic E-state index is 9.61. The van der Waals surface area contributed by atoms with E-state index in [4.69, 9.17) is 5.73 Å². The topological polar surface area (TPSA) is 62.7 Å². The second kappa shape index (κ2) is 5.63. The largest absolute Gasteiger partial charge is 0.383 e. The maximum absolute atomic E-state index is 9.61. The zero-order valence-corrected chi connectivity index (χ0v) is 14.2. The summed E-state index contributed by atoms with van der Waals surface area (Å²) in [4.78, 5) is 4.52. The Bertz CT molecular complexity index is 1130. The Balaban J connectivity index is 2.19. The molecule has 0 aliphatic carbocycles. The molecule has 4 heteroatoms. The molecule has 0 amide bonds. The first kappa shape index (κ1) is 14.7. The van der Waals surface area contributed by atoms with Crippen molar-refractivity contribution in [3.63, 3.8) is 0 Å². The van der Waals surface area contributed by atoms with Crippen LogP contribution in [0.15, 0.2) is 65.1 Å². The molecule has 1 aromatic heterocycles. The summed E-state index contributed by atoms with van der Waals surface area (Å²) in [6.45, 7) is 0. The molecule has 3 aromatic carbocycles. The minimum atomic E-state index is 0.263. The summed E-state index contributed by atoms with van der Waals surface area (Å²) in [5.41, 5.74) is 9.13. The van der Waals surface area contributed by atoms with Crippen molar-refractivity contribution in [3.8, 4) is 17.2 Å². The number of hydrogen-bond donors (Lipinski definition) is 1. The van der Waals surface area contributed by atoms with Gasteiger partial charge in [-0.15, -0.1) is 0 Å². The van der Waals surface area contributed by atoms with Crippen molar-refractivity contribution in [2.24, 2.45) is 0 Å². The van der Waals surface area contributed by atoms with Crippen LogP contribution in [0.5, 0.6) is 0 Å². The number of nitrogens with zero attached hydrogens (tertiary/aromatic N) is 2. The van der Waals surface area contributed by atoms with E-state index in [0.29, 0.717) is 5.56 Å². The van der Waals surface area contributed by atoms with Crippen LogP contribution in [-0.2, 0) is 0 Å². The molecule has 0 unspecified atom stereocenters. The second-order valence-corrected chi connectivity index (χ2v) is 6.46. The van der Waals surface area contributed by atoms with Gasteiger partial charge in [-0.25, -0.2) is 4.98 Å². The van der Waals surface area contributed by atoms with E-state index in [0.717, 1.165) is 37.3 Å². The fourth-order valence-corrected chi connectivity index (χ4v) is 3.31. The van der Waals surface area contributed by atoms with E-state index in [1.54, 1.807) is 0 Å². The predicted octanol–water partition coefficient (Wildman–Crippen LogP) is 5.27. The van der Waals surface area contributed by atoms with Gasteiger partial charge in [-0.2, -0.15) is 5.26 Å². The zero-order chi connectivity index (χ0) is 16.7. The molecule has 0 atom stereocenters. The first-order valence-corrected chi connectivity index (χ1v) is 8.25. The number of nitrogens with two attached hydrogens (primary N) is 1. The molecule has 0 fully saturated rings. The first-order valence-electron chi connectivity index (χ1n) is 7.46. The molecule has 0 saturated carbocycles. The number of nitriles is 1. The molecule has 4 aromatic rings. The Hall–Kier alpha value is -2.90. The van der Waals surface area contributed by atoms with E-state index in [1.807, 2.05) is 54.6 Å². The van der Waals surface area contributed by atoms with E-state index < -0.39 is 0 Å². The molecular weight excluding hydrogens is 362 g/mol. The number of benzene rings is 3. The molecule has 24 heavy (non-hydrogen) atoms. The first-order chi connectivity index (χ1) is 11.7. The Morgan fingerprint density at radius 3 is 2.42 bits per heavy atom. The maximum Gasteiger partial charge on any atom is 0.142 e. The average Bonchev–Trinajstić information content (AvgIpc) is 2.61. The molecule has 114 valence electrons. The highest BCUT2D eigenvalue weighted by atomic mass is 79.9. The highest BCUT2D eigenvalue weighted by Crippen LogP contribution is 2.37. The molecule has 0 bridgehead atoms. The normalized spacial score (nSPS) is 10.8. The molecule has 4 rings (SSSR count). The third-order valence-electron chi connectivity index (χ3n) is 4.15. The SMILES string of the molecule is N#Cc1c(N)nc2c(ccc3ccccc32)c1-c1ccc(Br)cc1. The molecule has 0 aliphatic heterocycles. The summed E-state index contributed by atoms with van der Waals surface area (Å²) in [6.07, 6.45) is 0. The van der Waals surface area contributed by atoms with Crippen molar-refractivity contribution in [2.75, 3.05) is 5.73 Å². The standard InChI is InChI=1S/C20H12BrN3/c21-14-8-5-13(6-9-14)18-16-10-7-12-3-1-2-4-15(12)19(16)24-20(23)17(18)11-22/h1-10H,(H2,23,24). The number of nitrogen functional groups attached to an aromatic ring is 1. The summed E-state index contributed by atoms with van der Waals surface area (Å²) in [6, 6.07) is 22.2. The quantitative estimate of drug-likeness (QED) is 0.462. The van der Waals surface area contributed by atoms with Gasteiger partial charge in [-0.1, -0.05) is 64.5 Å². The average molecular weight is 374 g/mol. The number of halogens is 1. The number of fused-ring (bicyclic) bond motifs is 3. The van der Waals surface area contributed by atoms with Gasteiger partial charge in [-0.3, -0.25) is 0 Å². The molecule has 0 saturated heterocycles. The lowest BCUT2D eigenvalue weighted by molar-refractivity contribution is 1.38. The van der Waals surface area contributed by atoms with Crippen LogP contribution in [0.2, 0.25) is 0 Å². The molecular formula is C20H12BrN3. The Labute approximate surface area is 147 Å². The van der Waals surface area contributed by atoms with Gasteiger partial charge in [-0.05, 0) is 23.1 Å². The van der Waals surface area contributed by atoms with Gasteiger partial charge in [0, 0.05) is 20.8 Å². The van der Waals surface area contributed by atoms with Crippen LogP contribution in [0.3, 0.4) is 0 Å². The van der Waals surface area contributed by atoms with E-state index in [1.165, 1.54) is 0 Å². The van der Waals surface area contributed by atoms with Crippen LogP contribution in [0.4, 0.5) is 5.82 Å². The van der Waals surface area contributed by atoms with Gasteiger partial charge >= 0.3 is 0 Å². The molecule has 0 aliphatic rings. The van der Waals surface area contributed by atoms with E-state index in [2.05, 4.69) is 33.0 Å². The Morgan fingerprint density at radius 1 is 0.917 bits per heavy atom. The van der Waals surface area contributed by atoms with Crippen molar-refractivity contribution in [1.29, 1.82) is 5.26 Å². The van der Waals surface area contributed by atoms with Gasteiger partial charge in [0.25, 0.3) is 0 Å². The van der Waals surface area contributed by atoms with Gasteiger partial charge in [0.2, 0.25) is 0 Å². The fraction of sp³-hybridized carbons (Fsp3) is 0. The summed E-state index contributed by atoms with van der Waals surface area (Å²) < 4.78 is 0.988. The lowest BCUT2D eigenvalue weighted by Crippen LogP contribution is -1.99. The van der Waals surface area contributed by atoms with Crippen LogP contribution in [0.1, 0.15) is 5.56 Å². The van der Waals surface area contributed by atoms with E-state index in [-0.39, 0.29) is 5.82 Å². The Morgan fingerprint density at radius 2 is 1.67 bits per heavy atom. The minimum absolute atomic E-state index is 0.263. The van der Waals surface area contributed by atoms with E-state index >= 15 is 0 Å². The highest BCUT2D eigenvalue weighted by molar-refractivity contribution is 9.10. The van der Waals surface area contributed by atoms with Gasteiger partial charge in [0.05, 0.1) is 5.52 Å². The van der Waals surface area contributed by atoms with Gasteiger partial charge in [0.1, 0.15) is 17.5 Å². The minimum Gasteiger partial charge on any atom is -0.383 e. The molecule has 3 nitrogen and oxygen atoms in total. The number of pyridine rings is 1. The summed E-state index contributed by atoms with van der Waals surface area (Å²) >= 11 is 3.45. The summed E-state index contributed by atoms with van der Waals surface area (Å²) in [5.74, 6) is 0.263. The Kier molecular flexibility index (Phi) is 3.44. The second-order valence-electron chi connectivity index (χ2n) is 5.55. The van der Waals surface area contributed by atoms with E-state index in [9.17, 15) is 5.26 Å². The van der Waals surface area contributed by atoms with Gasteiger partial charge < -0.3 is 5.73 Å². The number of rotatable bonds is 1. The highest BCUT2D eigenvalue weighted by Gasteiger charge is 2.16. The van der Waals surface area contributed by atoms with Gasteiger partial charge in [0.15, 0.2) is 0 Å². The van der Waals surface area contributed by atoms with Crippen LogP contribution >= 0.6 is 15.9 Å².